The monoisotopic (exact) mass is 642 g/mol. The fourth-order valence-corrected chi connectivity index (χ4v) is 6.05. The number of benzene rings is 6. The Kier molecular flexibility index (Phi) is 7.17. The first kappa shape index (κ1) is 29.6. The number of azo groups is 2. The molecule has 6 rings (SSSR count). The fourth-order valence-electron chi connectivity index (χ4n) is 4.89. The van der Waals surface area contributed by atoms with Gasteiger partial charge in [0.2, 0.25) is 0 Å². The van der Waals surface area contributed by atoms with Gasteiger partial charge >= 0.3 is 0 Å². The minimum atomic E-state index is -4.80. The van der Waals surface area contributed by atoms with Gasteiger partial charge in [-0.2, -0.15) is 16.8 Å². The highest BCUT2D eigenvalue weighted by Gasteiger charge is 2.22. The molecule has 0 radical (unpaired) electrons. The number of aromatic hydroxyl groups is 1. The summed E-state index contributed by atoms with van der Waals surface area (Å²) in [6.45, 7) is 0. The predicted octanol–water partition coefficient (Wildman–Crippen LogP) is 7.34. The summed E-state index contributed by atoms with van der Waals surface area (Å²) in [6, 6.07) is 23.0. The van der Waals surface area contributed by atoms with Gasteiger partial charge in [0.15, 0.2) is 5.75 Å². The average molecular weight is 643 g/mol. The highest BCUT2D eigenvalue weighted by molar-refractivity contribution is 7.86. The van der Waals surface area contributed by atoms with Gasteiger partial charge in [-0.05, 0) is 60.0 Å². The predicted molar refractivity (Wildman–Crippen MR) is 170 cm³/mol. The second kappa shape index (κ2) is 10.9. The van der Waals surface area contributed by atoms with Gasteiger partial charge in [-0.1, -0.05) is 36.4 Å². The molecule has 0 saturated carbocycles. The van der Waals surface area contributed by atoms with E-state index in [0.717, 1.165) is 0 Å². The van der Waals surface area contributed by atoms with E-state index in [9.17, 15) is 31.0 Å². The first-order valence-corrected chi connectivity index (χ1v) is 15.9. The van der Waals surface area contributed by atoms with Crippen molar-refractivity contribution in [1.29, 1.82) is 0 Å². The number of phenols is 1. The maximum Gasteiger partial charge on any atom is 0.296 e. The van der Waals surface area contributed by atoms with Crippen molar-refractivity contribution in [3.8, 4) is 5.75 Å². The molecule has 0 unspecified atom stereocenters. The van der Waals surface area contributed by atoms with Gasteiger partial charge in [0, 0.05) is 38.3 Å². The van der Waals surface area contributed by atoms with Crippen LogP contribution < -0.4 is 11.5 Å². The molecule has 6 aromatic rings. The van der Waals surface area contributed by atoms with Crippen LogP contribution in [0, 0.1) is 0 Å². The molecule has 0 atom stereocenters. The van der Waals surface area contributed by atoms with E-state index in [1.54, 1.807) is 48.5 Å². The largest absolute Gasteiger partial charge is 0.505 e. The summed E-state index contributed by atoms with van der Waals surface area (Å²) in [5, 5.41) is 30.5. The van der Waals surface area contributed by atoms with Gasteiger partial charge in [-0.3, -0.25) is 9.11 Å². The number of nitrogens with two attached hydrogens (primary N) is 2. The molecule has 13 nitrogen and oxygen atoms in total. The highest BCUT2D eigenvalue weighted by Crippen LogP contribution is 2.43. The zero-order valence-corrected chi connectivity index (χ0v) is 24.5. The molecule has 0 amide bonds. The topological polar surface area (TPSA) is 230 Å². The van der Waals surface area contributed by atoms with Crippen LogP contribution in [0.1, 0.15) is 0 Å². The van der Waals surface area contributed by atoms with Crippen LogP contribution in [-0.2, 0) is 20.2 Å². The molecule has 0 aromatic heterocycles. The van der Waals surface area contributed by atoms with E-state index in [1.165, 1.54) is 42.5 Å². The van der Waals surface area contributed by atoms with Gasteiger partial charge in [-0.15, -0.1) is 20.5 Å². The standard InChI is InChI=1S/C30H22N6O7S2/c31-17-6-5-16-13-28(45(41,42)43)29(30(37)22(16)14-17)36-35-27-12-11-26(19-3-1-2-4-20(19)27)34-33-25-10-9-24(32)23-15-18(44(38,39)40)7-8-21(23)25/h1-15,37H,31-32H2,(H,38,39,40)(H,41,42,43)/b34-33-,36-35+. The summed E-state index contributed by atoms with van der Waals surface area (Å²) >= 11 is 0. The molecule has 0 saturated heterocycles. The molecule has 0 fully saturated rings. The van der Waals surface area contributed by atoms with E-state index in [0.29, 0.717) is 49.7 Å². The Bertz CT molecular complexity index is 2480. The third-order valence-electron chi connectivity index (χ3n) is 7.05. The molecule has 0 spiro atoms. The molecule has 6 aromatic carbocycles. The SMILES string of the molecule is Nc1ccc2cc(S(=O)(=O)O)c(/N=N/c3ccc(/N=N\c4ccc(N)c5cc(S(=O)(=O)O)ccc45)c4ccccc34)c(O)c2c1. The third kappa shape index (κ3) is 5.63. The number of anilines is 2. The van der Waals surface area contributed by atoms with Crippen LogP contribution in [0.2, 0.25) is 0 Å². The van der Waals surface area contributed by atoms with Crippen molar-refractivity contribution in [3.63, 3.8) is 0 Å². The van der Waals surface area contributed by atoms with Crippen LogP contribution in [0.3, 0.4) is 0 Å². The minimum absolute atomic E-state index is 0.223. The van der Waals surface area contributed by atoms with Crippen molar-refractivity contribution in [2.45, 2.75) is 9.79 Å². The molecule has 0 aliphatic rings. The summed E-state index contributed by atoms with van der Waals surface area (Å²) in [5.41, 5.74) is 13.2. The number of hydrogen-bond donors (Lipinski definition) is 5. The Morgan fingerprint density at radius 2 is 1.13 bits per heavy atom. The quantitative estimate of drug-likeness (QED) is 0.0693. The van der Waals surface area contributed by atoms with Crippen LogP contribution in [0.4, 0.5) is 34.1 Å². The van der Waals surface area contributed by atoms with Gasteiger partial charge < -0.3 is 16.6 Å². The second-order valence-corrected chi connectivity index (χ2v) is 12.7. The normalized spacial score (nSPS) is 12.7. The van der Waals surface area contributed by atoms with E-state index in [-0.39, 0.29) is 16.0 Å². The van der Waals surface area contributed by atoms with E-state index in [2.05, 4.69) is 20.5 Å². The number of phenolic OH excluding ortho intramolecular Hbond substituents is 1. The van der Waals surface area contributed by atoms with Crippen LogP contribution >= 0.6 is 0 Å². The van der Waals surface area contributed by atoms with E-state index in [4.69, 9.17) is 11.5 Å². The average Bonchev–Trinajstić information content (AvgIpc) is 3.00. The van der Waals surface area contributed by atoms with Crippen LogP contribution in [0.5, 0.6) is 5.75 Å². The summed E-state index contributed by atoms with van der Waals surface area (Å²) in [7, 11) is -9.24. The smallest absolute Gasteiger partial charge is 0.296 e. The third-order valence-corrected chi connectivity index (χ3v) is 8.77. The molecule has 45 heavy (non-hydrogen) atoms. The number of hydrogen-bond acceptors (Lipinski definition) is 11. The molecule has 7 N–H and O–H groups in total. The van der Waals surface area contributed by atoms with Crippen LogP contribution in [0.25, 0.3) is 32.3 Å². The first-order chi connectivity index (χ1) is 21.3. The molecule has 0 aliphatic carbocycles. The Morgan fingerprint density at radius 1 is 0.556 bits per heavy atom. The van der Waals surface area contributed by atoms with E-state index < -0.39 is 36.6 Å². The van der Waals surface area contributed by atoms with Crippen molar-refractivity contribution >= 4 is 86.7 Å². The van der Waals surface area contributed by atoms with Crippen molar-refractivity contribution in [3.05, 3.63) is 91.0 Å². The zero-order valence-electron chi connectivity index (χ0n) is 22.9. The van der Waals surface area contributed by atoms with Gasteiger partial charge in [0.25, 0.3) is 20.2 Å². The number of rotatable bonds is 6. The van der Waals surface area contributed by atoms with Crippen LogP contribution in [-0.4, -0.2) is 31.0 Å². The summed E-state index contributed by atoms with van der Waals surface area (Å²) in [6.07, 6.45) is 0. The number of nitrogen functional groups attached to an aromatic ring is 2. The zero-order chi connectivity index (χ0) is 32.1. The lowest BCUT2D eigenvalue weighted by atomic mass is 10.1. The minimum Gasteiger partial charge on any atom is -0.505 e. The van der Waals surface area contributed by atoms with Crippen molar-refractivity contribution in [2.24, 2.45) is 20.5 Å². The number of fused-ring (bicyclic) bond motifs is 3. The molecule has 0 aliphatic heterocycles. The molecule has 226 valence electrons. The fraction of sp³-hybridized carbons (Fsp3) is 0. The molecule has 0 bridgehead atoms. The Hall–Kier alpha value is -5.48. The lowest BCUT2D eigenvalue weighted by molar-refractivity contribution is 0.472. The Labute approximate surface area is 255 Å². The Balaban J connectivity index is 1.43. The van der Waals surface area contributed by atoms with E-state index >= 15 is 0 Å². The van der Waals surface area contributed by atoms with Gasteiger partial charge in [-0.25, -0.2) is 0 Å². The van der Waals surface area contributed by atoms with Crippen LogP contribution in [0.15, 0.2) is 121 Å². The molecule has 0 heterocycles. The lowest BCUT2D eigenvalue weighted by Gasteiger charge is -2.10. The Morgan fingerprint density at radius 3 is 1.73 bits per heavy atom. The molecular weight excluding hydrogens is 620 g/mol. The van der Waals surface area contributed by atoms with E-state index in [1.807, 2.05) is 0 Å². The lowest BCUT2D eigenvalue weighted by Crippen LogP contribution is -1.99. The first-order valence-electron chi connectivity index (χ1n) is 13.0. The molecule has 15 heteroatoms. The summed E-state index contributed by atoms with van der Waals surface area (Å²) < 4.78 is 66.9. The number of nitrogens with zero attached hydrogens (tertiary/aromatic N) is 4. The van der Waals surface area contributed by atoms with Crippen molar-refractivity contribution < 1.29 is 31.0 Å². The summed E-state index contributed by atoms with van der Waals surface area (Å²) in [5.74, 6) is -0.523. The molecular formula is C30H22N6O7S2. The maximum atomic E-state index is 12.2. The highest BCUT2D eigenvalue weighted by atomic mass is 32.2. The second-order valence-electron chi connectivity index (χ2n) is 9.93. The van der Waals surface area contributed by atoms with Gasteiger partial charge in [0.05, 0.1) is 22.0 Å². The van der Waals surface area contributed by atoms with Crippen molar-refractivity contribution in [2.75, 3.05) is 11.5 Å². The summed E-state index contributed by atoms with van der Waals surface area (Å²) in [4.78, 5) is -0.938. The van der Waals surface area contributed by atoms with Crippen molar-refractivity contribution in [1.82, 2.24) is 0 Å². The van der Waals surface area contributed by atoms with Gasteiger partial charge in [0.1, 0.15) is 10.6 Å². The maximum absolute atomic E-state index is 12.2.